The molecule has 0 fully saturated rings. The minimum absolute atomic E-state index is 0.488. The normalized spacial score (nSPS) is 14.6. The summed E-state index contributed by atoms with van der Waals surface area (Å²) in [6, 6.07) is 0.488. The number of hydrogen-bond donors (Lipinski definition) is 1. The Hall–Kier alpha value is -0.870. The first-order valence-corrected chi connectivity index (χ1v) is 7.22. The highest BCUT2D eigenvalue weighted by molar-refractivity contribution is 5.25. The van der Waals surface area contributed by atoms with Gasteiger partial charge in [-0.25, -0.2) is 0 Å². The second-order valence-electron chi connectivity index (χ2n) is 5.40. The summed E-state index contributed by atoms with van der Waals surface area (Å²) in [5.41, 5.74) is 3.82. The van der Waals surface area contributed by atoms with Crippen LogP contribution in [0.25, 0.3) is 0 Å². The summed E-state index contributed by atoms with van der Waals surface area (Å²) >= 11 is 0. The van der Waals surface area contributed by atoms with E-state index in [1.165, 1.54) is 11.3 Å². The Labute approximate surface area is 117 Å². The minimum atomic E-state index is 0.488. The lowest BCUT2D eigenvalue weighted by Gasteiger charge is -2.25. The third-order valence-electron chi connectivity index (χ3n) is 4.01. The molecule has 110 valence electrons. The molecule has 0 aliphatic rings. The zero-order valence-corrected chi connectivity index (χ0v) is 13.3. The van der Waals surface area contributed by atoms with Gasteiger partial charge in [0, 0.05) is 32.5 Å². The molecule has 0 aliphatic carbocycles. The number of rotatable bonds is 8. The van der Waals surface area contributed by atoms with Crippen LogP contribution in [0, 0.1) is 19.8 Å². The van der Waals surface area contributed by atoms with Crippen molar-refractivity contribution in [2.24, 2.45) is 13.0 Å². The van der Waals surface area contributed by atoms with Crippen molar-refractivity contribution in [1.29, 1.82) is 0 Å². The van der Waals surface area contributed by atoms with Crippen LogP contribution in [-0.2, 0) is 18.2 Å². The lowest BCUT2D eigenvalue weighted by atomic mass is 9.92. The molecule has 0 saturated carbocycles. The van der Waals surface area contributed by atoms with Crippen LogP contribution < -0.4 is 5.32 Å². The molecule has 0 radical (unpaired) electrons. The molecule has 0 aliphatic heterocycles. The van der Waals surface area contributed by atoms with Crippen LogP contribution in [0.1, 0.15) is 37.2 Å². The zero-order valence-electron chi connectivity index (χ0n) is 13.3. The summed E-state index contributed by atoms with van der Waals surface area (Å²) in [4.78, 5) is 0. The molecular formula is C15H29N3O. The summed E-state index contributed by atoms with van der Waals surface area (Å²) < 4.78 is 7.18. The van der Waals surface area contributed by atoms with Crippen molar-refractivity contribution < 1.29 is 4.74 Å². The van der Waals surface area contributed by atoms with Crippen molar-refractivity contribution in [3.63, 3.8) is 0 Å². The van der Waals surface area contributed by atoms with Gasteiger partial charge in [-0.1, -0.05) is 13.8 Å². The molecule has 4 heteroatoms. The molecule has 1 N–H and O–H groups in total. The Bertz CT molecular complexity index is 387. The number of methoxy groups -OCH3 is 1. The Morgan fingerprint density at radius 3 is 2.53 bits per heavy atom. The topological polar surface area (TPSA) is 39.1 Å². The van der Waals surface area contributed by atoms with E-state index in [9.17, 15) is 0 Å². The third kappa shape index (κ3) is 4.32. The Morgan fingerprint density at radius 2 is 2.05 bits per heavy atom. The number of likely N-dealkylation sites (N-methyl/N-ethyl adjacent to an activating group) is 1. The van der Waals surface area contributed by atoms with Crippen LogP contribution in [0.15, 0.2) is 0 Å². The lowest BCUT2D eigenvalue weighted by Crippen LogP contribution is -2.37. The van der Waals surface area contributed by atoms with Crippen LogP contribution in [0.4, 0.5) is 0 Å². The van der Waals surface area contributed by atoms with E-state index in [4.69, 9.17) is 4.74 Å². The Balaban J connectivity index is 2.77. The van der Waals surface area contributed by atoms with Crippen LogP contribution in [0.3, 0.4) is 0 Å². The van der Waals surface area contributed by atoms with Crippen LogP contribution >= 0.6 is 0 Å². The monoisotopic (exact) mass is 267 g/mol. The molecule has 1 aromatic rings. The molecule has 1 aromatic heterocycles. The summed E-state index contributed by atoms with van der Waals surface area (Å²) in [5, 5.41) is 8.12. The number of nitrogens with one attached hydrogen (secondary N) is 1. The van der Waals surface area contributed by atoms with Crippen molar-refractivity contribution in [3.05, 3.63) is 17.0 Å². The van der Waals surface area contributed by atoms with Crippen LogP contribution in [-0.4, -0.2) is 36.1 Å². The van der Waals surface area contributed by atoms with Crippen molar-refractivity contribution in [3.8, 4) is 0 Å². The van der Waals surface area contributed by atoms with Gasteiger partial charge in [-0.3, -0.25) is 4.68 Å². The molecule has 0 spiro atoms. The average Bonchev–Trinajstić information content (AvgIpc) is 2.61. The fourth-order valence-corrected chi connectivity index (χ4v) is 2.57. The smallest absolute Gasteiger partial charge is 0.0628 e. The second-order valence-corrected chi connectivity index (χ2v) is 5.40. The van der Waals surface area contributed by atoms with Crippen LogP contribution in [0.5, 0.6) is 0 Å². The van der Waals surface area contributed by atoms with Gasteiger partial charge in [-0.05, 0) is 44.7 Å². The third-order valence-corrected chi connectivity index (χ3v) is 4.01. The summed E-state index contributed by atoms with van der Waals surface area (Å²) in [7, 11) is 3.78. The first-order valence-electron chi connectivity index (χ1n) is 7.22. The summed E-state index contributed by atoms with van der Waals surface area (Å²) in [6.45, 7) is 10.5. The van der Waals surface area contributed by atoms with Gasteiger partial charge in [0.05, 0.1) is 5.69 Å². The predicted molar refractivity (Wildman–Crippen MR) is 79.5 cm³/mol. The summed E-state index contributed by atoms with van der Waals surface area (Å²) in [6.07, 6.45) is 2.14. The maximum Gasteiger partial charge on any atom is 0.0628 e. The van der Waals surface area contributed by atoms with E-state index in [0.717, 1.165) is 31.7 Å². The SMILES string of the molecule is CCNC(Cc1c(C)nn(C)c1C)C(C)CCOC. The van der Waals surface area contributed by atoms with E-state index < -0.39 is 0 Å². The molecule has 2 atom stereocenters. The molecule has 2 unspecified atom stereocenters. The van der Waals surface area contributed by atoms with E-state index in [0.29, 0.717) is 12.0 Å². The molecule has 4 nitrogen and oxygen atoms in total. The number of aryl methyl sites for hydroxylation is 2. The van der Waals surface area contributed by atoms with E-state index in [1.54, 1.807) is 7.11 Å². The van der Waals surface area contributed by atoms with Crippen molar-refractivity contribution >= 4 is 0 Å². The van der Waals surface area contributed by atoms with Crippen molar-refractivity contribution in [1.82, 2.24) is 15.1 Å². The second kappa shape index (κ2) is 7.65. The van der Waals surface area contributed by atoms with Gasteiger partial charge in [0.2, 0.25) is 0 Å². The van der Waals surface area contributed by atoms with E-state index in [1.807, 2.05) is 11.7 Å². The highest BCUT2D eigenvalue weighted by Crippen LogP contribution is 2.19. The van der Waals surface area contributed by atoms with Gasteiger partial charge in [-0.2, -0.15) is 5.10 Å². The lowest BCUT2D eigenvalue weighted by molar-refractivity contribution is 0.170. The molecular weight excluding hydrogens is 238 g/mol. The van der Waals surface area contributed by atoms with E-state index >= 15 is 0 Å². The van der Waals surface area contributed by atoms with Crippen molar-refractivity contribution in [2.75, 3.05) is 20.3 Å². The highest BCUT2D eigenvalue weighted by atomic mass is 16.5. The van der Waals surface area contributed by atoms with E-state index in [2.05, 4.69) is 38.1 Å². The molecule has 0 aromatic carbocycles. The van der Waals surface area contributed by atoms with E-state index in [-0.39, 0.29) is 0 Å². The number of ether oxygens (including phenoxy) is 1. The quantitative estimate of drug-likeness (QED) is 0.785. The molecule has 0 bridgehead atoms. The van der Waals surface area contributed by atoms with Gasteiger partial charge >= 0.3 is 0 Å². The fraction of sp³-hybridized carbons (Fsp3) is 0.800. The highest BCUT2D eigenvalue weighted by Gasteiger charge is 2.20. The minimum Gasteiger partial charge on any atom is -0.385 e. The fourth-order valence-electron chi connectivity index (χ4n) is 2.57. The van der Waals surface area contributed by atoms with Gasteiger partial charge in [-0.15, -0.1) is 0 Å². The van der Waals surface area contributed by atoms with Crippen molar-refractivity contribution in [2.45, 2.75) is 46.6 Å². The molecule has 19 heavy (non-hydrogen) atoms. The maximum atomic E-state index is 5.20. The Morgan fingerprint density at radius 1 is 1.37 bits per heavy atom. The predicted octanol–water partition coefficient (Wildman–Crippen LogP) is 2.23. The first kappa shape index (κ1) is 16.2. The largest absolute Gasteiger partial charge is 0.385 e. The average molecular weight is 267 g/mol. The molecule has 0 amide bonds. The first-order chi connectivity index (χ1) is 9.01. The maximum absolute atomic E-state index is 5.20. The van der Waals surface area contributed by atoms with Gasteiger partial charge in [0.15, 0.2) is 0 Å². The van der Waals surface area contributed by atoms with Gasteiger partial charge in [0.25, 0.3) is 0 Å². The number of aromatic nitrogens is 2. The number of nitrogens with zero attached hydrogens (tertiary/aromatic N) is 2. The molecule has 1 rings (SSSR count). The summed E-state index contributed by atoms with van der Waals surface area (Å²) in [5.74, 6) is 0.596. The van der Waals surface area contributed by atoms with Gasteiger partial charge in [0.1, 0.15) is 0 Å². The standard InChI is InChI=1S/C15H29N3O/c1-7-16-15(11(2)8-9-19-6)10-14-12(3)17-18(5)13(14)4/h11,15-16H,7-10H2,1-6H3. The molecule has 0 saturated heterocycles. The molecule has 1 heterocycles. The number of hydrogen-bond acceptors (Lipinski definition) is 3. The zero-order chi connectivity index (χ0) is 14.4. The van der Waals surface area contributed by atoms with Gasteiger partial charge < -0.3 is 10.1 Å². The van der Waals surface area contributed by atoms with Crippen LogP contribution in [0.2, 0.25) is 0 Å². The Kier molecular flexibility index (Phi) is 6.52.